The number of amides is 2. The van der Waals surface area contributed by atoms with E-state index in [2.05, 4.69) is 10.6 Å². The van der Waals surface area contributed by atoms with Gasteiger partial charge in [0.05, 0.1) is 6.04 Å². The van der Waals surface area contributed by atoms with Crippen LogP contribution in [0, 0.1) is 0 Å². The number of nitrogens with two attached hydrogens (primary N) is 1. The minimum atomic E-state index is 0.0264. The van der Waals surface area contributed by atoms with E-state index in [4.69, 9.17) is 0 Å². The third-order valence-electron chi connectivity index (χ3n) is 5.35. The first-order valence-electron chi connectivity index (χ1n) is 9.75. The van der Waals surface area contributed by atoms with Crippen molar-refractivity contribution in [3.63, 3.8) is 0 Å². The number of carbonyl (C=O) groups excluding carboxylic acids is 2. The molecule has 1 aliphatic heterocycles. The van der Waals surface area contributed by atoms with E-state index in [1.165, 1.54) is 38.5 Å². The van der Waals surface area contributed by atoms with Gasteiger partial charge in [-0.15, -0.1) is 0 Å². The molecule has 1 aliphatic carbocycles. The second kappa shape index (κ2) is 8.99. The van der Waals surface area contributed by atoms with E-state index in [0.717, 1.165) is 31.6 Å². The van der Waals surface area contributed by atoms with Gasteiger partial charge in [-0.05, 0) is 62.8 Å². The van der Waals surface area contributed by atoms with Gasteiger partial charge in [0.15, 0.2) is 6.54 Å². The maximum absolute atomic E-state index is 12.6. The number of nitrogens with one attached hydrogen (secondary N) is 1. The van der Waals surface area contributed by atoms with Crippen LogP contribution in [0.4, 0.5) is 5.69 Å². The molecule has 3 rings (SSSR count). The number of likely N-dealkylation sites (tertiary alicyclic amines) is 1. The van der Waals surface area contributed by atoms with Crippen LogP contribution in [-0.2, 0) is 4.79 Å². The zero-order valence-electron chi connectivity index (χ0n) is 15.0. The van der Waals surface area contributed by atoms with Crippen molar-refractivity contribution in [1.29, 1.82) is 0 Å². The smallest absolute Gasteiger partial charge is 0.279 e. The van der Waals surface area contributed by atoms with E-state index in [9.17, 15) is 9.59 Å². The fraction of sp³-hybridized carbons (Fsp3) is 0.600. The third kappa shape index (κ3) is 5.30. The van der Waals surface area contributed by atoms with Crippen LogP contribution in [0.5, 0.6) is 0 Å². The first-order valence-corrected chi connectivity index (χ1v) is 9.75. The number of quaternary nitrogens is 1. The lowest BCUT2D eigenvalue weighted by molar-refractivity contribution is -0.677. The molecular formula is C20H30N3O2+. The van der Waals surface area contributed by atoms with Gasteiger partial charge in [-0.3, -0.25) is 9.59 Å². The number of carbonyl (C=O) groups is 2. The first-order chi connectivity index (χ1) is 12.2. The van der Waals surface area contributed by atoms with Crippen molar-refractivity contribution in [2.45, 2.75) is 57.4 Å². The van der Waals surface area contributed by atoms with Gasteiger partial charge in [0.25, 0.3) is 11.8 Å². The van der Waals surface area contributed by atoms with Crippen LogP contribution in [0.15, 0.2) is 24.3 Å². The molecular weight excluding hydrogens is 314 g/mol. The van der Waals surface area contributed by atoms with Gasteiger partial charge in [0.2, 0.25) is 0 Å². The first kappa shape index (κ1) is 17.9. The van der Waals surface area contributed by atoms with Crippen molar-refractivity contribution in [2.24, 2.45) is 0 Å². The minimum absolute atomic E-state index is 0.0264. The molecule has 5 heteroatoms. The molecule has 2 fully saturated rings. The van der Waals surface area contributed by atoms with Crippen LogP contribution in [0.3, 0.4) is 0 Å². The number of nitrogens with zero attached hydrogens (tertiary/aromatic N) is 1. The van der Waals surface area contributed by atoms with E-state index in [-0.39, 0.29) is 11.8 Å². The monoisotopic (exact) mass is 344 g/mol. The van der Waals surface area contributed by atoms with Gasteiger partial charge < -0.3 is 15.5 Å². The predicted octanol–water partition coefficient (Wildman–Crippen LogP) is 2.15. The van der Waals surface area contributed by atoms with Crippen LogP contribution in [-0.4, -0.2) is 42.4 Å². The van der Waals surface area contributed by atoms with Crippen LogP contribution in [0.25, 0.3) is 0 Å². The van der Waals surface area contributed by atoms with Crippen molar-refractivity contribution >= 4 is 17.5 Å². The Morgan fingerprint density at radius 2 is 1.60 bits per heavy atom. The van der Waals surface area contributed by atoms with Crippen molar-refractivity contribution in [3.8, 4) is 0 Å². The normalized spacial score (nSPS) is 18.8. The lowest BCUT2D eigenvalue weighted by atomic mass is 10.1. The summed E-state index contributed by atoms with van der Waals surface area (Å²) in [5.74, 6) is 0.132. The van der Waals surface area contributed by atoms with E-state index < -0.39 is 0 Å². The van der Waals surface area contributed by atoms with Crippen molar-refractivity contribution in [3.05, 3.63) is 29.8 Å². The molecule has 1 heterocycles. The molecule has 0 bridgehead atoms. The molecule has 0 unspecified atom stereocenters. The molecule has 25 heavy (non-hydrogen) atoms. The highest BCUT2D eigenvalue weighted by Crippen LogP contribution is 2.16. The molecule has 1 aromatic carbocycles. The molecule has 0 spiro atoms. The fourth-order valence-electron chi connectivity index (χ4n) is 3.83. The Balaban J connectivity index is 1.49. The number of anilines is 1. The zero-order valence-corrected chi connectivity index (χ0v) is 15.0. The Labute approximate surface area is 150 Å². The van der Waals surface area contributed by atoms with Gasteiger partial charge in [-0.2, -0.15) is 0 Å². The van der Waals surface area contributed by atoms with Crippen LogP contribution in [0.1, 0.15) is 61.7 Å². The fourth-order valence-corrected chi connectivity index (χ4v) is 3.83. The Morgan fingerprint density at radius 3 is 2.24 bits per heavy atom. The van der Waals surface area contributed by atoms with Gasteiger partial charge in [0.1, 0.15) is 0 Å². The average Bonchev–Trinajstić information content (AvgIpc) is 3.00. The summed E-state index contributed by atoms with van der Waals surface area (Å²) in [4.78, 5) is 26.6. The largest absolute Gasteiger partial charge is 0.339 e. The van der Waals surface area contributed by atoms with Crippen LogP contribution >= 0.6 is 0 Å². The number of hydrogen-bond donors (Lipinski definition) is 2. The highest BCUT2D eigenvalue weighted by molar-refractivity contribution is 5.96. The maximum Gasteiger partial charge on any atom is 0.279 e. The topological polar surface area (TPSA) is 66.0 Å². The maximum atomic E-state index is 12.6. The van der Waals surface area contributed by atoms with E-state index in [1.54, 1.807) is 0 Å². The van der Waals surface area contributed by atoms with E-state index >= 15 is 0 Å². The van der Waals surface area contributed by atoms with Crippen molar-refractivity contribution in [2.75, 3.05) is 25.0 Å². The van der Waals surface area contributed by atoms with E-state index in [1.807, 2.05) is 29.2 Å². The number of hydrogen-bond acceptors (Lipinski definition) is 2. The summed E-state index contributed by atoms with van der Waals surface area (Å²) in [5.41, 5.74) is 1.47. The van der Waals surface area contributed by atoms with Crippen LogP contribution < -0.4 is 10.6 Å². The lowest BCUT2D eigenvalue weighted by Gasteiger charge is -2.20. The summed E-state index contributed by atoms with van der Waals surface area (Å²) in [5, 5.41) is 5.08. The summed E-state index contributed by atoms with van der Waals surface area (Å²) in [6.45, 7) is 2.18. The molecule has 0 radical (unpaired) electrons. The number of rotatable bonds is 5. The second-order valence-corrected chi connectivity index (χ2v) is 7.32. The summed E-state index contributed by atoms with van der Waals surface area (Å²) in [6.07, 6.45) is 9.64. The molecule has 2 amide bonds. The highest BCUT2D eigenvalue weighted by Gasteiger charge is 2.19. The molecule has 3 N–H and O–H groups in total. The zero-order chi connectivity index (χ0) is 17.5. The molecule has 1 aromatic rings. The summed E-state index contributed by atoms with van der Waals surface area (Å²) in [7, 11) is 0. The molecule has 1 saturated carbocycles. The second-order valence-electron chi connectivity index (χ2n) is 7.32. The predicted molar refractivity (Wildman–Crippen MR) is 98.5 cm³/mol. The molecule has 2 aliphatic rings. The Morgan fingerprint density at radius 1 is 0.960 bits per heavy atom. The average molecular weight is 344 g/mol. The standard InChI is InChI=1S/C20H29N3O2/c24-19(15-21-17-7-3-4-8-17)22-18-11-9-16(10-12-18)20(25)23-13-5-1-2-6-14-23/h9-12,17,21H,1-8,13-15H2,(H,22,24)/p+1. The number of benzene rings is 1. The third-order valence-corrected chi connectivity index (χ3v) is 5.35. The molecule has 136 valence electrons. The minimum Gasteiger partial charge on any atom is -0.339 e. The summed E-state index contributed by atoms with van der Waals surface area (Å²) < 4.78 is 0. The molecule has 0 aromatic heterocycles. The quantitative estimate of drug-likeness (QED) is 0.859. The highest BCUT2D eigenvalue weighted by atomic mass is 16.2. The SMILES string of the molecule is O=C(C[NH2+]C1CCCC1)Nc1ccc(C(=O)N2CCCCCC2)cc1. The van der Waals surface area contributed by atoms with Gasteiger partial charge in [0, 0.05) is 24.3 Å². The van der Waals surface area contributed by atoms with Crippen molar-refractivity contribution < 1.29 is 14.9 Å². The summed E-state index contributed by atoms with van der Waals surface area (Å²) in [6, 6.07) is 7.92. The Bertz CT molecular complexity index is 571. The van der Waals surface area contributed by atoms with E-state index in [0.29, 0.717) is 18.2 Å². The lowest BCUT2D eigenvalue weighted by Crippen LogP contribution is -2.91. The Kier molecular flexibility index (Phi) is 6.45. The van der Waals surface area contributed by atoms with Crippen molar-refractivity contribution in [1.82, 2.24) is 4.90 Å². The summed E-state index contributed by atoms with van der Waals surface area (Å²) >= 11 is 0. The molecule has 5 nitrogen and oxygen atoms in total. The van der Waals surface area contributed by atoms with Gasteiger partial charge in [-0.25, -0.2) is 0 Å². The van der Waals surface area contributed by atoms with Gasteiger partial charge in [-0.1, -0.05) is 12.8 Å². The Hall–Kier alpha value is -1.88. The molecule has 0 atom stereocenters. The molecule has 1 saturated heterocycles. The van der Waals surface area contributed by atoms with Gasteiger partial charge >= 0.3 is 0 Å². The van der Waals surface area contributed by atoms with Crippen LogP contribution in [0.2, 0.25) is 0 Å².